The number of nitrogens with zero attached hydrogens (tertiary/aromatic N) is 4. The minimum atomic E-state index is -0.673. The van der Waals surface area contributed by atoms with Crippen molar-refractivity contribution in [3.63, 3.8) is 0 Å². The van der Waals surface area contributed by atoms with Crippen molar-refractivity contribution in [2.75, 3.05) is 0 Å². The van der Waals surface area contributed by atoms with Crippen molar-refractivity contribution in [3.8, 4) is 0 Å². The van der Waals surface area contributed by atoms with Gasteiger partial charge in [0.25, 0.3) is 5.91 Å². The van der Waals surface area contributed by atoms with Gasteiger partial charge in [-0.05, 0) is 48.4 Å². The van der Waals surface area contributed by atoms with Crippen LogP contribution in [0.4, 0.5) is 8.78 Å². The van der Waals surface area contributed by atoms with Gasteiger partial charge in [-0.3, -0.25) is 14.3 Å². The second-order valence-corrected chi connectivity index (χ2v) is 8.45. The average Bonchev–Trinajstić information content (AvgIpc) is 3.24. The lowest BCUT2D eigenvalue weighted by molar-refractivity contribution is -0.223. The molecule has 1 aliphatic heterocycles. The summed E-state index contributed by atoms with van der Waals surface area (Å²) in [6.45, 7) is 0.537. The fourth-order valence-corrected chi connectivity index (χ4v) is 5.28. The quantitative estimate of drug-likeness (QED) is 0.837. The molecule has 6 rings (SSSR count). The van der Waals surface area contributed by atoms with Crippen molar-refractivity contribution in [3.05, 3.63) is 53.4 Å². The lowest BCUT2D eigenvalue weighted by Gasteiger charge is -2.69. The van der Waals surface area contributed by atoms with Gasteiger partial charge in [0.05, 0.1) is 11.5 Å². The van der Waals surface area contributed by atoms with Crippen LogP contribution in [0, 0.1) is 22.5 Å². The maximum absolute atomic E-state index is 13.6. The molecule has 1 unspecified atom stereocenters. The Kier molecular flexibility index (Phi) is 3.68. The second kappa shape index (κ2) is 5.95. The fourth-order valence-electron chi connectivity index (χ4n) is 5.28. The molecular formula is C20H19F2N5O2. The van der Waals surface area contributed by atoms with E-state index < -0.39 is 29.0 Å². The third-order valence-electron chi connectivity index (χ3n) is 6.36. The van der Waals surface area contributed by atoms with Gasteiger partial charge in [0.1, 0.15) is 17.3 Å². The standard InChI is InChI=1S/C20H19F2N5O2/c21-13-5-12(6-14(22)7-13)15-1-4-25-27(15)18(29)20-8-19(9-20,10-20)11-26-16(17(23)28)2-3-24-26/h2-7,15H,1,8-11H2,(H2,23,28). The van der Waals surface area contributed by atoms with E-state index in [1.165, 1.54) is 23.3 Å². The van der Waals surface area contributed by atoms with E-state index >= 15 is 0 Å². The maximum Gasteiger partial charge on any atom is 0.266 e. The van der Waals surface area contributed by atoms with E-state index in [0.717, 1.165) is 6.07 Å². The van der Waals surface area contributed by atoms with Gasteiger partial charge >= 0.3 is 0 Å². The molecular weight excluding hydrogens is 380 g/mol. The molecule has 0 saturated heterocycles. The number of hydrogen-bond acceptors (Lipinski definition) is 4. The van der Waals surface area contributed by atoms with Crippen LogP contribution in [0.1, 0.15) is 47.8 Å². The Balaban J connectivity index is 1.30. The molecule has 29 heavy (non-hydrogen) atoms. The highest BCUT2D eigenvalue weighted by Crippen LogP contribution is 2.74. The molecule has 7 nitrogen and oxygen atoms in total. The number of aromatic nitrogens is 2. The first-order valence-electron chi connectivity index (χ1n) is 9.45. The highest BCUT2D eigenvalue weighted by molar-refractivity contribution is 5.91. The van der Waals surface area contributed by atoms with Crippen LogP contribution in [0.25, 0.3) is 0 Å². The normalized spacial score (nSPS) is 29.4. The third-order valence-corrected chi connectivity index (χ3v) is 6.36. The summed E-state index contributed by atoms with van der Waals surface area (Å²) in [5.74, 6) is -1.99. The molecule has 3 aliphatic carbocycles. The number of carbonyl (C=O) groups excluding carboxylic acids is 2. The van der Waals surface area contributed by atoms with Crippen molar-refractivity contribution in [2.45, 2.75) is 38.3 Å². The Morgan fingerprint density at radius 2 is 1.86 bits per heavy atom. The van der Waals surface area contributed by atoms with Crippen molar-refractivity contribution in [1.29, 1.82) is 0 Å². The van der Waals surface area contributed by atoms with Crippen LogP contribution in [0.2, 0.25) is 0 Å². The highest BCUT2D eigenvalue weighted by Gasteiger charge is 2.72. The molecule has 2 N–H and O–H groups in total. The Hall–Kier alpha value is -3.10. The molecule has 1 aromatic heterocycles. The summed E-state index contributed by atoms with van der Waals surface area (Å²) in [4.78, 5) is 24.7. The molecule has 1 atom stereocenters. The van der Waals surface area contributed by atoms with Crippen LogP contribution >= 0.6 is 0 Å². The number of nitrogens with two attached hydrogens (primary N) is 1. The van der Waals surface area contributed by atoms with Gasteiger partial charge in [-0.1, -0.05) is 0 Å². The average molecular weight is 399 g/mol. The molecule has 4 aliphatic rings. The Bertz CT molecular complexity index is 1020. The number of halogens is 2. The summed E-state index contributed by atoms with van der Waals surface area (Å²) in [6.07, 6.45) is 5.59. The van der Waals surface area contributed by atoms with Gasteiger partial charge in [-0.25, -0.2) is 13.8 Å². The van der Waals surface area contributed by atoms with Gasteiger partial charge in [0.15, 0.2) is 0 Å². The van der Waals surface area contributed by atoms with Crippen LogP contribution in [-0.4, -0.2) is 32.8 Å². The minimum Gasteiger partial charge on any atom is -0.364 e. The van der Waals surface area contributed by atoms with E-state index in [-0.39, 0.29) is 11.3 Å². The SMILES string of the molecule is NC(=O)c1ccnn1CC12CC(C(=O)N3N=CCC3c3cc(F)cc(F)c3)(C1)C2. The Morgan fingerprint density at radius 1 is 1.17 bits per heavy atom. The first-order valence-corrected chi connectivity index (χ1v) is 9.45. The van der Waals surface area contributed by atoms with E-state index in [9.17, 15) is 18.4 Å². The lowest BCUT2D eigenvalue weighted by atomic mass is 9.34. The molecule has 2 amide bonds. The number of carbonyl (C=O) groups is 2. The second-order valence-electron chi connectivity index (χ2n) is 8.45. The van der Waals surface area contributed by atoms with E-state index in [1.54, 1.807) is 17.0 Å². The largest absolute Gasteiger partial charge is 0.364 e. The van der Waals surface area contributed by atoms with E-state index in [1.807, 2.05) is 0 Å². The molecule has 9 heteroatoms. The molecule has 150 valence electrons. The number of benzene rings is 1. The zero-order valence-electron chi connectivity index (χ0n) is 15.5. The highest BCUT2D eigenvalue weighted by atomic mass is 19.1. The monoisotopic (exact) mass is 399 g/mol. The Labute approximate surface area is 165 Å². The maximum atomic E-state index is 13.6. The first kappa shape index (κ1) is 18.0. The van der Waals surface area contributed by atoms with Crippen LogP contribution in [-0.2, 0) is 11.3 Å². The first-order chi connectivity index (χ1) is 13.8. The zero-order valence-corrected chi connectivity index (χ0v) is 15.5. The van der Waals surface area contributed by atoms with Gasteiger partial charge in [0, 0.05) is 31.4 Å². The van der Waals surface area contributed by atoms with Crippen LogP contribution in [0.15, 0.2) is 35.6 Å². The Morgan fingerprint density at radius 3 is 2.52 bits per heavy atom. The molecule has 3 fully saturated rings. The summed E-state index contributed by atoms with van der Waals surface area (Å²) in [6, 6.07) is 4.39. The summed E-state index contributed by atoms with van der Waals surface area (Å²) in [5.41, 5.74) is 5.56. The minimum absolute atomic E-state index is 0.0736. The van der Waals surface area contributed by atoms with E-state index in [4.69, 9.17) is 5.73 Å². The van der Waals surface area contributed by atoms with Crippen molar-refractivity contribution < 1.29 is 18.4 Å². The molecule has 1 aromatic carbocycles. The van der Waals surface area contributed by atoms with E-state index in [0.29, 0.717) is 43.5 Å². The van der Waals surface area contributed by atoms with Gasteiger partial charge in [-0.15, -0.1) is 0 Å². The topological polar surface area (TPSA) is 93.6 Å². The van der Waals surface area contributed by atoms with Gasteiger partial charge < -0.3 is 5.73 Å². The predicted octanol–water partition coefficient (Wildman–Crippen LogP) is 2.39. The van der Waals surface area contributed by atoms with Crippen molar-refractivity contribution in [1.82, 2.24) is 14.8 Å². The number of hydrogen-bond donors (Lipinski definition) is 1. The predicted molar refractivity (Wildman–Crippen MR) is 98.5 cm³/mol. The molecule has 0 radical (unpaired) electrons. The number of amides is 2. The number of primary amides is 1. The summed E-state index contributed by atoms with van der Waals surface area (Å²) < 4.78 is 28.8. The summed E-state index contributed by atoms with van der Waals surface area (Å²) >= 11 is 0. The molecule has 2 bridgehead atoms. The molecule has 2 heterocycles. The smallest absolute Gasteiger partial charge is 0.266 e. The summed E-state index contributed by atoms with van der Waals surface area (Å²) in [7, 11) is 0. The fraction of sp³-hybridized carbons (Fsp3) is 0.400. The molecule has 3 saturated carbocycles. The number of rotatable bonds is 5. The van der Waals surface area contributed by atoms with Crippen LogP contribution < -0.4 is 5.73 Å². The van der Waals surface area contributed by atoms with Crippen molar-refractivity contribution >= 4 is 18.0 Å². The number of hydrazone groups is 1. The summed E-state index contributed by atoms with van der Waals surface area (Å²) in [5, 5.41) is 9.74. The third kappa shape index (κ3) is 2.67. The molecule has 0 spiro atoms. The van der Waals surface area contributed by atoms with Crippen LogP contribution in [0.3, 0.4) is 0 Å². The van der Waals surface area contributed by atoms with Crippen molar-refractivity contribution in [2.24, 2.45) is 21.7 Å². The molecule has 2 aromatic rings. The van der Waals surface area contributed by atoms with Gasteiger partial charge in [0.2, 0.25) is 5.91 Å². The van der Waals surface area contributed by atoms with Gasteiger partial charge in [-0.2, -0.15) is 10.2 Å². The van der Waals surface area contributed by atoms with E-state index in [2.05, 4.69) is 10.2 Å². The lowest BCUT2D eigenvalue weighted by Crippen LogP contribution is -2.69. The zero-order chi connectivity index (χ0) is 20.4. The van der Waals surface area contributed by atoms with Crippen LogP contribution in [0.5, 0.6) is 0 Å².